The largest absolute Gasteiger partial charge is 0.375 e. The molecule has 0 saturated heterocycles. The smallest absolute Gasteiger partial charge is 0.191 e. The van der Waals surface area contributed by atoms with E-state index in [4.69, 9.17) is 4.99 Å². The highest BCUT2D eigenvalue weighted by molar-refractivity contribution is 14.0. The lowest BCUT2D eigenvalue weighted by Gasteiger charge is -2.21. The number of guanidine groups is 1. The van der Waals surface area contributed by atoms with Crippen LogP contribution in [0.15, 0.2) is 35.3 Å². The summed E-state index contributed by atoms with van der Waals surface area (Å²) in [6.07, 6.45) is 7.31. The molecule has 1 aromatic carbocycles. The van der Waals surface area contributed by atoms with Gasteiger partial charge in [0.05, 0.1) is 0 Å². The van der Waals surface area contributed by atoms with E-state index in [1.807, 2.05) is 18.5 Å². The molecule has 2 rings (SSSR count). The predicted molar refractivity (Wildman–Crippen MR) is 146 cm³/mol. The summed E-state index contributed by atoms with van der Waals surface area (Å²) in [5.74, 6) is 2.63. The third kappa shape index (κ3) is 10.2. The van der Waals surface area contributed by atoms with Gasteiger partial charge in [-0.2, -0.15) is 0 Å². The van der Waals surface area contributed by atoms with Crippen LogP contribution < -0.4 is 15.5 Å². The minimum absolute atomic E-state index is 0. The summed E-state index contributed by atoms with van der Waals surface area (Å²) in [6, 6.07) is 10.9. The number of aryl methyl sites for hydroxylation is 1. The molecule has 0 aliphatic carbocycles. The molecule has 1 atom stereocenters. The van der Waals surface area contributed by atoms with Crippen molar-refractivity contribution < 1.29 is 0 Å². The third-order valence-electron chi connectivity index (χ3n) is 5.59. The highest BCUT2D eigenvalue weighted by atomic mass is 127. The lowest BCUT2D eigenvalue weighted by atomic mass is 10.1. The highest BCUT2D eigenvalue weighted by Crippen LogP contribution is 2.10. The van der Waals surface area contributed by atoms with Gasteiger partial charge in [-0.05, 0) is 38.8 Å². The van der Waals surface area contributed by atoms with E-state index in [2.05, 4.69) is 77.0 Å². The van der Waals surface area contributed by atoms with Gasteiger partial charge in [0, 0.05) is 38.9 Å². The SMILES string of the molecule is CCCCCCC(C)NC(=NCc1nnc(C)n1C)NCCCN(C)c1ccccc1.I. The summed E-state index contributed by atoms with van der Waals surface area (Å²) >= 11 is 0. The van der Waals surface area contributed by atoms with Crippen LogP contribution >= 0.6 is 24.0 Å². The van der Waals surface area contributed by atoms with Crippen molar-refractivity contribution in [3.8, 4) is 0 Å². The molecule has 0 spiro atoms. The number of halogens is 1. The fourth-order valence-electron chi connectivity index (χ4n) is 3.41. The summed E-state index contributed by atoms with van der Waals surface area (Å²) in [4.78, 5) is 7.07. The Kier molecular flexibility index (Phi) is 14.0. The monoisotopic (exact) mass is 555 g/mol. The van der Waals surface area contributed by atoms with Crippen molar-refractivity contribution in [2.45, 2.75) is 71.9 Å². The molecule has 0 radical (unpaired) electrons. The maximum Gasteiger partial charge on any atom is 0.191 e. The first-order valence-electron chi connectivity index (χ1n) is 11.7. The number of aromatic nitrogens is 3. The van der Waals surface area contributed by atoms with Crippen LogP contribution in [0.3, 0.4) is 0 Å². The van der Waals surface area contributed by atoms with Gasteiger partial charge < -0.3 is 20.1 Å². The normalized spacial score (nSPS) is 12.2. The molecule has 0 aliphatic rings. The van der Waals surface area contributed by atoms with E-state index < -0.39 is 0 Å². The molecule has 0 aliphatic heterocycles. The first kappa shape index (κ1) is 28.2. The number of anilines is 1. The zero-order valence-corrected chi connectivity index (χ0v) is 22.8. The third-order valence-corrected chi connectivity index (χ3v) is 5.59. The van der Waals surface area contributed by atoms with E-state index >= 15 is 0 Å². The number of para-hydroxylation sites is 1. The first-order chi connectivity index (χ1) is 15.0. The number of aliphatic imine (C=N–C) groups is 1. The van der Waals surface area contributed by atoms with Crippen molar-refractivity contribution in [2.75, 3.05) is 25.0 Å². The van der Waals surface area contributed by atoms with E-state index in [0.29, 0.717) is 12.6 Å². The van der Waals surface area contributed by atoms with Crippen molar-refractivity contribution in [1.29, 1.82) is 0 Å². The van der Waals surface area contributed by atoms with Crippen LogP contribution in [-0.4, -0.2) is 46.9 Å². The number of nitrogens with zero attached hydrogens (tertiary/aromatic N) is 5. The lowest BCUT2D eigenvalue weighted by Crippen LogP contribution is -2.43. The molecular formula is C24H42IN7. The number of rotatable bonds is 13. The molecule has 2 aromatic rings. The van der Waals surface area contributed by atoms with Gasteiger partial charge in [-0.3, -0.25) is 0 Å². The summed E-state index contributed by atoms with van der Waals surface area (Å²) < 4.78 is 1.99. The van der Waals surface area contributed by atoms with Gasteiger partial charge in [0.1, 0.15) is 12.4 Å². The van der Waals surface area contributed by atoms with Crippen molar-refractivity contribution in [3.63, 3.8) is 0 Å². The molecular weight excluding hydrogens is 513 g/mol. The molecule has 32 heavy (non-hydrogen) atoms. The summed E-state index contributed by atoms with van der Waals surface area (Å²) in [5, 5.41) is 15.5. The van der Waals surface area contributed by atoms with Crippen molar-refractivity contribution in [3.05, 3.63) is 42.0 Å². The zero-order valence-electron chi connectivity index (χ0n) is 20.5. The molecule has 7 nitrogen and oxygen atoms in total. The van der Waals surface area contributed by atoms with Crippen molar-refractivity contribution in [2.24, 2.45) is 12.0 Å². The highest BCUT2D eigenvalue weighted by Gasteiger charge is 2.08. The topological polar surface area (TPSA) is 70.4 Å². The standard InChI is InChI=1S/C24H41N7.HI/c1-6-7-8-10-14-20(2)27-24(26-19-23-29-28-21(3)31(23)5)25-17-13-18-30(4)22-15-11-9-12-16-22;/h9,11-12,15-16,20H,6-8,10,13-14,17-19H2,1-5H3,(H2,25,26,27);1H. The molecule has 0 bridgehead atoms. The van der Waals surface area contributed by atoms with Crippen LogP contribution in [0.2, 0.25) is 0 Å². The molecule has 1 aromatic heterocycles. The average Bonchev–Trinajstić information content (AvgIpc) is 3.10. The van der Waals surface area contributed by atoms with Gasteiger partial charge in [-0.25, -0.2) is 4.99 Å². The minimum atomic E-state index is 0. The Hall–Kier alpha value is -1.84. The van der Waals surface area contributed by atoms with Gasteiger partial charge in [-0.1, -0.05) is 50.8 Å². The maximum atomic E-state index is 4.78. The Balaban J connectivity index is 0.00000512. The quantitative estimate of drug-likeness (QED) is 0.163. The second-order valence-electron chi connectivity index (χ2n) is 8.32. The van der Waals surface area contributed by atoms with Crippen LogP contribution in [0.5, 0.6) is 0 Å². The Labute approximate surface area is 211 Å². The molecule has 180 valence electrons. The molecule has 0 amide bonds. The molecule has 1 heterocycles. The average molecular weight is 556 g/mol. The number of unbranched alkanes of at least 4 members (excludes halogenated alkanes) is 3. The van der Waals surface area contributed by atoms with E-state index in [1.165, 1.54) is 31.4 Å². The van der Waals surface area contributed by atoms with Gasteiger partial charge in [-0.15, -0.1) is 34.2 Å². The predicted octanol–water partition coefficient (Wildman–Crippen LogP) is 4.66. The van der Waals surface area contributed by atoms with Gasteiger partial charge in [0.2, 0.25) is 0 Å². The Morgan fingerprint density at radius 1 is 1.12 bits per heavy atom. The molecule has 0 fully saturated rings. The van der Waals surface area contributed by atoms with Crippen molar-refractivity contribution in [1.82, 2.24) is 25.4 Å². The number of hydrogen-bond donors (Lipinski definition) is 2. The van der Waals surface area contributed by atoms with E-state index in [9.17, 15) is 0 Å². The summed E-state index contributed by atoms with van der Waals surface area (Å²) in [6.45, 7) is 8.81. The summed E-state index contributed by atoms with van der Waals surface area (Å²) in [5.41, 5.74) is 1.24. The fourth-order valence-corrected chi connectivity index (χ4v) is 3.41. The first-order valence-corrected chi connectivity index (χ1v) is 11.7. The molecule has 2 N–H and O–H groups in total. The van der Waals surface area contributed by atoms with Crippen molar-refractivity contribution >= 4 is 35.6 Å². The Bertz CT molecular complexity index is 776. The number of hydrogen-bond acceptors (Lipinski definition) is 4. The Morgan fingerprint density at radius 2 is 1.88 bits per heavy atom. The van der Waals surface area contributed by atoms with Crippen LogP contribution in [-0.2, 0) is 13.6 Å². The second-order valence-corrected chi connectivity index (χ2v) is 8.32. The minimum Gasteiger partial charge on any atom is -0.375 e. The maximum absolute atomic E-state index is 4.78. The van der Waals surface area contributed by atoms with Crippen LogP contribution in [0.4, 0.5) is 5.69 Å². The van der Waals surface area contributed by atoms with E-state index in [0.717, 1.165) is 43.5 Å². The van der Waals surface area contributed by atoms with Crippen LogP contribution in [0.1, 0.15) is 64.0 Å². The molecule has 1 unspecified atom stereocenters. The molecule has 0 saturated carbocycles. The lowest BCUT2D eigenvalue weighted by molar-refractivity contribution is 0.535. The van der Waals surface area contributed by atoms with Crippen LogP contribution in [0.25, 0.3) is 0 Å². The van der Waals surface area contributed by atoms with E-state index in [-0.39, 0.29) is 24.0 Å². The van der Waals surface area contributed by atoms with E-state index in [1.54, 1.807) is 0 Å². The Morgan fingerprint density at radius 3 is 2.53 bits per heavy atom. The second kappa shape index (κ2) is 15.9. The zero-order chi connectivity index (χ0) is 22.5. The number of benzene rings is 1. The van der Waals surface area contributed by atoms with Gasteiger partial charge in [0.25, 0.3) is 0 Å². The number of nitrogens with one attached hydrogen (secondary N) is 2. The molecule has 8 heteroatoms. The van der Waals surface area contributed by atoms with Gasteiger partial charge >= 0.3 is 0 Å². The van der Waals surface area contributed by atoms with Gasteiger partial charge in [0.15, 0.2) is 11.8 Å². The fraction of sp³-hybridized carbons (Fsp3) is 0.625. The summed E-state index contributed by atoms with van der Waals surface area (Å²) in [7, 11) is 4.12. The van der Waals surface area contributed by atoms with Crippen LogP contribution in [0, 0.1) is 6.92 Å².